The van der Waals surface area contributed by atoms with Crippen molar-refractivity contribution in [3.63, 3.8) is 0 Å². The lowest BCUT2D eigenvalue weighted by Crippen LogP contribution is -2.27. The van der Waals surface area contributed by atoms with Crippen LogP contribution in [0.2, 0.25) is 0 Å². The van der Waals surface area contributed by atoms with E-state index in [1.807, 2.05) is 24.7 Å². The number of amides is 1. The van der Waals surface area contributed by atoms with Crippen molar-refractivity contribution < 1.29 is 9.72 Å². The molecule has 1 atom stereocenters. The molecule has 0 saturated carbocycles. The van der Waals surface area contributed by atoms with Gasteiger partial charge < -0.3 is 15.4 Å². The number of hydrogen-bond acceptors (Lipinski definition) is 6. The topological polar surface area (TPSA) is 126 Å². The van der Waals surface area contributed by atoms with Crippen molar-refractivity contribution in [2.24, 2.45) is 0 Å². The van der Waals surface area contributed by atoms with Crippen LogP contribution in [0.15, 0.2) is 30.9 Å². The van der Waals surface area contributed by atoms with Crippen molar-refractivity contribution in [2.75, 3.05) is 5.32 Å². The van der Waals surface area contributed by atoms with Gasteiger partial charge in [0.15, 0.2) is 6.04 Å². The summed E-state index contributed by atoms with van der Waals surface area (Å²) in [6.07, 6.45) is 7.46. The average Bonchev–Trinajstić information content (AvgIpc) is 3.37. The van der Waals surface area contributed by atoms with Crippen LogP contribution in [0, 0.1) is 17.0 Å². The molecule has 11 nitrogen and oxygen atoms in total. The Morgan fingerprint density at radius 3 is 2.61 bits per heavy atom. The molecule has 148 valence electrons. The quantitative estimate of drug-likeness (QED) is 0.467. The number of carbonyl (C=O) groups excluding carboxylic acids is 1. The molecule has 1 N–H and O–H groups in total. The molecule has 0 fully saturated rings. The number of aromatic nitrogens is 6. The van der Waals surface area contributed by atoms with Crippen LogP contribution in [-0.4, -0.2) is 40.2 Å². The summed E-state index contributed by atoms with van der Waals surface area (Å²) in [6.45, 7) is 6.86. The lowest BCUT2D eigenvalue weighted by atomic mass is 10.2. The normalized spacial score (nSPS) is 12.1. The summed E-state index contributed by atoms with van der Waals surface area (Å²) >= 11 is 0. The average molecular weight is 386 g/mol. The van der Waals surface area contributed by atoms with E-state index in [0.717, 1.165) is 12.1 Å². The van der Waals surface area contributed by atoms with Crippen LogP contribution in [0.4, 0.5) is 11.5 Å². The van der Waals surface area contributed by atoms with Crippen molar-refractivity contribution in [1.82, 2.24) is 29.3 Å². The molecule has 11 heteroatoms. The minimum atomic E-state index is -0.653. The second-order valence-corrected chi connectivity index (χ2v) is 6.39. The molecule has 0 aliphatic carbocycles. The summed E-state index contributed by atoms with van der Waals surface area (Å²) in [5.41, 5.74) is 2.11. The number of carbonyl (C=O) groups is 1. The van der Waals surface area contributed by atoms with E-state index in [4.69, 9.17) is 0 Å². The Bertz CT molecular complexity index is 986. The first kappa shape index (κ1) is 19.3. The van der Waals surface area contributed by atoms with Gasteiger partial charge in [0.25, 0.3) is 5.91 Å². The van der Waals surface area contributed by atoms with Crippen molar-refractivity contribution in [3.05, 3.63) is 52.2 Å². The second-order valence-electron chi connectivity index (χ2n) is 6.39. The Hall–Kier alpha value is -3.50. The van der Waals surface area contributed by atoms with Crippen LogP contribution in [-0.2, 0) is 17.9 Å². The summed E-state index contributed by atoms with van der Waals surface area (Å²) in [5.74, 6) is -0.578. The summed E-state index contributed by atoms with van der Waals surface area (Å²) in [5, 5.41) is 26.2. The van der Waals surface area contributed by atoms with Gasteiger partial charge in [-0.15, -0.1) is 0 Å². The lowest BCUT2D eigenvalue weighted by molar-refractivity contribution is -0.389. The highest BCUT2D eigenvalue weighted by Gasteiger charge is 2.27. The van der Waals surface area contributed by atoms with E-state index >= 15 is 0 Å². The summed E-state index contributed by atoms with van der Waals surface area (Å²) in [6, 6.07) is 0.699. The third-order valence-electron chi connectivity index (χ3n) is 4.34. The molecule has 3 aromatic heterocycles. The fourth-order valence-electron chi connectivity index (χ4n) is 2.93. The summed E-state index contributed by atoms with van der Waals surface area (Å²) < 4.78 is 4.92. The lowest BCUT2D eigenvalue weighted by Gasteiger charge is -2.13. The summed E-state index contributed by atoms with van der Waals surface area (Å²) in [7, 11) is 0. The van der Waals surface area contributed by atoms with Crippen LogP contribution in [0.3, 0.4) is 0 Å². The maximum atomic E-state index is 12.7. The molecule has 3 heterocycles. The highest BCUT2D eigenvalue weighted by atomic mass is 16.6. The van der Waals surface area contributed by atoms with E-state index in [0.29, 0.717) is 24.3 Å². The molecule has 0 saturated heterocycles. The molecule has 1 amide bonds. The minimum Gasteiger partial charge on any atom is -0.358 e. The van der Waals surface area contributed by atoms with Gasteiger partial charge in [-0.1, -0.05) is 6.92 Å². The van der Waals surface area contributed by atoms with Gasteiger partial charge in [0.2, 0.25) is 0 Å². The van der Waals surface area contributed by atoms with E-state index in [9.17, 15) is 14.9 Å². The van der Waals surface area contributed by atoms with Crippen molar-refractivity contribution in [2.45, 2.75) is 46.3 Å². The first-order chi connectivity index (χ1) is 13.4. The van der Waals surface area contributed by atoms with Crippen LogP contribution in [0.5, 0.6) is 0 Å². The van der Waals surface area contributed by atoms with Crippen molar-refractivity contribution >= 4 is 17.4 Å². The van der Waals surface area contributed by atoms with E-state index < -0.39 is 11.0 Å². The van der Waals surface area contributed by atoms with Gasteiger partial charge in [-0.05, 0) is 25.2 Å². The Morgan fingerprint density at radius 1 is 1.25 bits per heavy atom. The van der Waals surface area contributed by atoms with Gasteiger partial charge in [0.05, 0.1) is 41.5 Å². The van der Waals surface area contributed by atoms with E-state index in [-0.39, 0.29) is 11.7 Å². The predicted molar refractivity (Wildman–Crippen MR) is 101 cm³/mol. The molecule has 0 spiro atoms. The highest BCUT2D eigenvalue weighted by Crippen LogP contribution is 2.20. The molecule has 0 aromatic carbocycles. The molecule has 0 aliphatic heterocycles. The standard InChI is InChI=1S/C17H22N8O3/c1-4-15(24-12(3)6-16(21-24)25(27)28)17(26)20-14-8-19-23(11-14)10-13-7-18-22(5-2)9-13/h6-9,11,15H,4-5,10H2,1-3H3,(H,20,26). The van der Waals surface area contributed by atoms with Crippen molar-refractivity contribution in [1.29, 1.82) is 0 Å². The smallest absolute Gasteiger partial charge is 0.358 e. The third-order valence-corrected chi connectivity index (χ3v) is 4.34. The molecule has 0 aliphatic rings. The first-order valence-corrected chi connectivity index (χ1v) is 8.96. The molecule has 28 heavy (non-hydrogen) atoms. The monoisotopic (exact) mass is 386 g/mol. The minimum absolute atomic E-state index is 0.274. The Balaban J connectivity index is 1.69. The molecular formula is C17H22N8O3. The largest absolute Gasteiger partial charge is 0.390 e. The fraction of sp³-hybridized carbons (Fsp3) is 0.412. The SMILES string of the molecule is CCC(C(=O)Nc1cnn(Cc2cnn(CC)c2)c1)n1nc([N+](=O)[O-])cc1C. The second kappa shape index (κ2) is 8.03. The number of rotatable bonds is 8. The van der Waals surface area contributed by atoms with E-state index in [1.165, 1.54) is 10.7 Å². The fourth-order valence-corrected chi connectivity index (χ4v) is 2.93. The van der Waals surface area contributed by atoms with Gasteiger partial charge in [-0.3, -0.25) is 14.2 Å². The molecular weight excluding hydrogens is 364 g/mol. The maximum absolute atomic E-state index is 12.7. The number of aryl methyl sites for hydroxylation is 2. The molecule has 1 unspecified atom stereocenters. The Labute approximate surface area is 161 Å². The van der Waals surface area contributed by atoms with Gasteiger partial charge >= 0.3 is 5.82 Å². The van der Waals surface area contributed by atoms with Gasteiger partial charge in [-0.2, -0.15) is 14.9 Å². The Morgan fingerprint density at radius 2 is 2.00 bits per heavy atom. The van der Waals surface area contributed by atoms with Crippen molar-refractivity contribution in [3.8, 4) is 0 Å². The Kier molecular flexibility index (Phi) is 5.52. The van der Waals surface area contributed by atoms with Gasteiger partial charge in [-0.25, -0.2) is 0 Å². The number of nitrogens with zero attached hydrogens (tertiary/aromatic N) is 7. The maximum Gasteiger partial charge on any atom is 0.390 e. The van der Waals surface area contributed by atoms with Crippen LogP contribution in [0.1, 0.15) is 37.6 Å². The van der Waals surface area contributed by atoms with E-state index in [2.05, 4.69) is 20.6 Å². The van der Waals surface area contributed by atoms with E-state index in [1.54, 1.807) is 30.2 Å². The molecule has 0 radical (unpaired) electrons. The third kappa shape index (κ3) is 4.08. The van der Waals surface area contributed by atoms with Gasteiger partial charge in [0.1, 0.15) is 0 Å². The number of hydrogen-bond donors (Lipinski definition) is 1. The molecule has 3 aromatic rings. The predicted octanol–water partition coefficient (Wildman–Crippen LogP) is 2.15. The zero-order valence-electron chi connectivity index (χ0n) is 15.9. The van der Waals surface area contributed by atoms with Crippen LogP contribution in [0.25, 0.3) is 0 Å². The van der Waals surface area contributed by atoms with Crippen LogP contribution < -0.4 is 5.32 Å². The van der Waals surface area contributed by atoms with Crippen LogP contribution >= 0.6 is 0 Å². The molecule has 3 rings (SSSR count). The summed E-state index contributed by atoms with van der Waals surface area (Å²) in [4.78, 5) is 23.0. The first-order valence-electron chi connectivity index (χ1n) is 8.96. The number of nitrogens with one attached hydrogen (secondary N) is 1. The zero-order chi connectivity index (χ0) is 20.3. The number of nitro groups is 1. The number of anilines is 1. The zero-order valence-corrected chi connectivity index (χ0v) is 15.9. The van der Waals surface area contributed by atoms with Gasteiger partial charge in [0, 0.05) is 24.5 Å². The highest BCUT2D eigenvalue weighted by molar-refractivity contribution is 5.93. The molecule has 0 bridgehead atoms.